The lowest BCUT2D eigenvalue weighted by atomic mass is 10.0. The molecule has 0 aliphatic carbocycles. The van der Waals surface area contributed by atoms with Gasteiger partial charge in [0.05, 0.1) is 11.9 Å². The Kier molecular flexibility index (Phi) is 4.37. The third-order valence-corrected chi connectivity index (χ3v) is 5.13. The number of aromatic nitrogens is 3. The van der Waals surface area contributed by atoms with Crippen LogP contribution >= 0.6 is 0 Å². The quantitative estimate of drug-likeness (QED) is 0.718. The van der Waals surface area contributed by atoms with Gasteiger partial charge in [-0.1, -0.05) is 12.1 Å². The van der Waals surface area contributed by atoms with E-state index in [1.165, 1.54) is 6.42 Å². The van der Waals surface area contributed by atoms with Gasteiger partial charge in [0.2, 0.25) is 0 Å². The minimum atomic E-state index is 0.0693. The molecule has 1 saturated heterocycles. The minimum Gasteiger partial charge on any atom is -0.336 e. The lowest BCUT2D eigenvalue weighted by molar-refractivity contribution is 0.0635. The second-order valence-corrected chi connectivity index (χ2v) is 7.07. The molecule has 3 heterocycles. The van der Waals surface area contributed by atoms with E-state index in [1.54, 1.807) is 6.20 Å². The molecule has 1 aliphatic heterocycles. The number of carbonyl (C=O) groups excluding carboxylic acids is 1. The average molecular weight is 348 g/mol. The smallest absolute Gasteiger partial charge is 0.259 e. The molecule has 1 amide bonds. The molecule has 0 saturated carbocycles. The fourth-order valence-electron chi connectivity index (χ4n) is 3.72. The van der Waals surface area contributed by atoms with Crippen LogP contribution in [0.4, 0.5) is 0 Å². The number of likely N-dealkylation sites (tertiary alicyclic amines) is 1. The van der Waals surface area contributed by atoms with Gasteiger partial charge in [0.1, 0.15) is 5.56 Å². The highest BCUT2D eigenvalue weighted by atomic mass is 16.2. The Morgan fingerprint density at radius 2 is 1.96 bits per heavy atom. The summed E-state index contributed by atoms with van der Waals surface area (Å²) in [6.07, 6.45) is 8.95. The average Bonchev–Trinajstić information content (AvgIpc) is 3.31. The molecule has 26 heavy (non-hydrogen) atoms. The van der Waals surface area contributed by atoms with Gasteiger partial charge < -0.3 is 9.47 Å². The zero-order valence-corrected chi connectivity index (χ0v) is 15.3. The summed E-state index contributed by atoms with van der Waals surface area (Å²) in [6, 6.07) is 12.4. The van der Waals surface area contributed by atoms with Crippen molar-refractivity contribution in [2.75, 3.05) is 6.54 Å². The first kappa shape index (κ1) is 16.6. The predicted molar refractivity (Wildman–Crippen MR) is 102 cm³/mol. The maximum absolute atomic E-state index is 13.3. The van der Waals surface area contributed by atoms with Crippen molar-refractivity contribution in [1.82, 2.24) is 19.2 Å². The molecule has 5 heteroatoms. The van der Waals surface area contributed by atoms with Crippen molar-refractivity contribution < 1.29 is 4.79 Å². The van der Waals surface area contributed by atoms with E-state index in [0.29, 0.717) is 5.56 Å². The van der Waals surface area contributed by atoms with Crippen molar-refractivity contribution >= 4 is 5.91 Å². The SMILES string of the molecule is Cc1cccc(-n2ncc(C(=O)N3CCCC[C@H]3C)c2-n2cccc2)c1. The van der Waals surface area contributed by atoms with E-state index < -0.39 is 0 Å². The highest BCUT2D eigenvalue weighted by Crippen LogP contribution is 2.25. The molecule has 134 valence electrons. The highest BCUT2D eigenvalue weighted by Gasteiger charge is 2.28. The van der Waals surface area contributed by atoms with Gasteiger partial charge >= 0.3 is 0 Å². The van der Waals surface area contributed by atoms with Crippen LogP contribution in [0.2, 0.25) is 0 Å². The Hall–Kier alpha value is -2.82. The largest absolute Gasteiger partial charge is 0.336 e. The fraction of sp³-hybridized carbons (Fsp3) is 0.333. The topological polar surface area (TPSA) is 43.1 Å². The molecule has 0 spiro atoms. The first-order valence-corrected chi connectivity index (χ1v) is 9.24. The van der Waals surface area contributed by atoms with Gasteiger partial charge in [-0.05, 0) is 62.9 Å². The summed E-state index contributed by atoms with van der Waals surface area (Å²) in [4.78, 5) is 15.3. The second kappa shape index (κ2) is 6.83. The molecule has 3 aromatic rings. The van der Waals surface area contributed by atoms with Crippen LogP contribution in [0.15, 0.2) is 55.0 Å². The lowest BCUT2D eigenvalue weighted by Crippen LogP contribution is -2.42. The van der Waals surface area contributed by atoms with Crippen molar-refractivity contribution in [3.05, 3.63) is 66.1 Å². The second-order valence-electron chi connectivity index (χ2n) is 7.07. The van der Waals surface area contributed by atoms with Crippen LogP contribution in [0.5, 0.6) is 0 Å². The van der Waals surface area contributed by atoms with E-state index in [9.17, 15) is 4.79 Å². The van der Waals surface area contributed by atoms with Gasteiger partial charge in [0.15, 0.2) is 5.82 Å². The highest BCUT2D eigenvalue weighted by molar-refractivity contribution is 5.97. The van der Waals surface area contributed by atoms with Crippen LogP contribution < -0.4 is 0 Å². The van der Waals surface area contributed by atoms with Gasteiger partial charge in [-0.15, -0.1) is 0 Å². The van der Waals surface area contributed by atoms with E-state index in [-0.39, 0.29) is 11.9 Å². The van der Waals surface area contributed by atoms with Crippen molar-refractivity contribution in [1.29, 1.82) is 0 Å². The summed E-state index contributed by atoms with van der Waals surface area (Å²) in [7, 11) is 0. The Labute approximate surface area is 153 Å². The number of benzene rings is 1. The molecule has 1 aliphatic rings. The van der Waals surface area contributed by atoms with E-state index >= 15 is 0 Å². The van der Waals surface area contributed by atoms with E-state index in [2.05, 4.69) is 31.1 Å². The van der Waals surface area contributed by atoms with Gasteiger partial charge in [-0.3, -0.25) is 4.79 Å². The molecular weight excluding hydrogens is 324 g/mol. The van der Waals surface area contributed by atoms with Gasteiger partial charge in [-0.25, -0.2) is 4.68 Å². The number of piperidine rings is 1. The molecule has 0 bridgehead atoms. The summed E-state index contributed by atoms with van der Waals surface area (Å²) in [5.74, 6) is 0.864. The minimum absolute atomic E-state index is 0.0693. The Balaban J connectivity index is 1.82. The maximum Gasteiger partial charge on any atom is 0.259 e. The fourth-order valence-corrected chi connectivity index (χ4v) is 3.72. The van der Waals surface area contributed by atoms with Crippen molar-refractivity contribution in [3.8, 4) is 11.5 Å². The van der Waals surface area contributed by atoms with Crippen LogP contribution in [0, 0.1) is 6.92 Å². The van der Waals surface area contributed by atoms with Crippen LogP contribution in [0.25, 0.3) is 11.5 Å². The number of rotatable bonds is 3. The molecular formula is C21H24N4O. The van der Waals surface area contributed by atoms with E-state index in [0.717, 1.165) is 36.5 Å². The summed E-state index contributed by atoms with van der Waals surface area (Å²) in [6.45, 7) is 5.02. The number of hydrogen-bond acceptors (Lipinski definition) is 2. The number of amides is 1. The third kappa shape index (κ3) is 2.94. The molecule has 0 N–H and O–H groups in total. The molecule has 1 atom stereocenters. The standard InChI is InChI=1S/C21H24N4O/c1-16-8-7-10-18(14-16)25-20(23-11-5-6-12-23)19(15-22-25)21(26)24-13-4-3-9-17(24)2/h5-8,10-12,14-15,17H,3-4,9,13H2,1-2H3/t17-/m1/s1. The molecule has 0 radical (unpaired) electrons. The number of aryl methyl sites for hydroxylation is 1. The van der Waals surface area contributed by atoms with Crippen LogP contribution in [0.3, 0.4) is 0 Å². The van der Waals surface area contributed by atoms with Gasteiger partial charge in [-0.2, -0.15) is 5.10 Å². The van der Waals surface area contributed by atoms with Crippen LogP contribution in [0.1, 0.15) is 42.1 Å². The zero-order valence-electron chi connectivity index (χ0n) is 15.3. The monoisotopic (exact) mass is 348 g/mol. The predicted octanol–water partition coefficient (Wildman–Crippen LogP) is 3.99. The van der Waals surface area contributed by atoms with E-state index in [1.807, 2.05) is 50.8 Å². The van der Waals surface area contributed by atoms with Crippen LogP contribution in [-0.2, 0) is 0 Å². The summed E-state index contributed by atoms with van der Waals surface area (Å²) < 4.78 is 3.83. The zero-order chi connectivity index (χ0) is 18.1. The van der Waals surface area contributed by atoms with Crippen molar-refractivity contribution in [3.63, 3.8) is 0 Å². The van der Waals surface area contributed by atoms with Gasteiger partial charge in [0.25, 0.3) is 5.91 Å². The Bertz CT molecular complexity index is 910. The Morgan fingerprint density at radius 3 is 2.69 bits per heavy atom. The lowest BCUT2D eigenvalue weighted by Gasteiger charge is -2.33. The third-order valence-electron chi connectivity index (χ3n) is 5.13. The normalized spacial score (nSPS) is 17.5. The van der Waals surface area contributed by atoms with Crippen molar-refractivity contribution in [2.24, 2.45) is 0 Å². The summed E-state index contributed by atoms with van der Waals surface area (Å²) in [5, 5.41) is 4.57. The summed E-state index contributed by atoms with van der Waals surface area (Å²) in [5.41, 5.74) is 2.77. The molecule has 5 nitrogen and oxygen atoms in total. The molecule has 1 fully saturated rings. The number of carbonyl (C=O) groups is 1. The molecule has 4 rings (SSSR count). The molecule has 2 aromatic heterocycles. The first-order chi connectivity index (χ1) is 12.6. The van der Waals surface area contributed by atoms with Gasteiger partial charge in [0, 0.05) is 25.0 Å². The Morgan fingerprint density at radius 1 is 1.15 bits per heavy atom. The summed E-state index contributed by atoms with van der Waals surface area (Å²) >= 11 is 0. The molecule has 0 unspecified atom stereocenters. The van der Waals surface area contributed by atoms with E-state index in [4.69, 9.17) is 0 Å². The maximum atomic E-state index is 13.3. The molecule has 1 aromatic carbocycles. The first-order valence-electron chi connectivity index (χ1n) is 9.24. The number of nitrogens with zero attached hydrogens (tertiary/aromatic N) is 4. The van der Waals surface area contributed by atoms with Crippen LogP contribution in [-0.4, -0.2) is 37.7 Å². The number of hydrogen-bond donors (Lipinski definition) is 0. The van der Waals surface area contributed by atoms with Crippen molar-refractivity contribution in [2.45, 2.75) is 39.2 Å².